The Morgan fingerprint density at radius 3 is 2.47 bits per heavy atom. The van der Waals surface area contributed by atoms with Crippen molar-refractivity contribution in [2.24, 2.45) is 0 Å². The van der Waals surface area contributed by atoms with Gasteiger partial charge in [-0.2, -0.15) is 0 Å². The molecule has 0 bridgehead atoms. The molecule has 104 valence electrons. The van der Waals surface area contributed by atoms with Crippen molar-refractivity contribution in [3.8, 4) is 0 Å². The first kappa shape index (κ1) is 15.0. The Balaban J connectivity index is 2.42. The summed E-state index contributed by atoms with van der Waals surface area (Å²) in [5, 5.41) is 2.38. The van der Waals surface area contributed by atoms with Gasteiger partial charge in [0.15, 0.2) is 6.04 Å². The van der Waals surface area contributed by atoms with Gasteiger partial charge in [0.25, 0.3) is 0 Å². The second kappa shape index (κ2) is 8.10. The number of esters is 1. The summed E-state index contributed by atoms with van der Waals surface area (Å²) in [6.45, 7) is 0.153. The molecular formula is C13H17NO5. The zero-order valence-electron chi connectivity index (χ0n) is 10.9. The van der Waals surface area contributed by atoms with E-state index in [1.807, 2.05) is 30.3 Å². The van der Waals surface area contributed by atoms with Gasteiger partial charge in [0.05, 0.1) is 13.7 Å². The van der Waals surface area contributed by atoms with E-state index < -0.39 is 18.1 Å². The third-order valence-corrected chi connectivity index (χ3v) is 2.32. The van der Waals surface area contributed by atoms with Crippen molar-refractivity contribution in [3.63, 3.8) is 0 Å². The molecule has 0 aliphatic carbocycles. The molecule has 6 heteroatoms. The van der Waals surface area contributed by atoms with E-state index in [0.29, 0.717) is 0 Å². The van der Waals surface area contributed by atoms with E-state index in [1.165, 1.54) is 14.2 Å². The number of rotatable bonds is 6. The normalized spacial score (nSPS) is 11.5. The Morgan fingerprint density at radius 1 is 1.21 bits per heavy atom. The number of methoxy groups -OCH3 is 2. The van der Waals surface area contributed by atoms with E-state index in [4.69, 9.17) is 9.47 Å². The quantitative estimate of drug-likeness (QED) is 0.781. The van der Waals surface area contributed by atoms with Crippen LogP contribution in [0.3, 0.4) is 0 Å². The van der Waals surface area contributed by atoms with Crippen molar-refractivity contribution in [3.05, 3.63) is 35.9 Å². The Bertz CT molecular complexity index is 407. The van der Waals surface area contributed by atoms with Crippen LogP contribution in [-0.2, 0) is 25.6 Å². The van der Waals surface area contributed by atoms with Gasteiger partial charge in [0.1, 0.15) is 6.61 Å². The summed E-state index contributed by atoms with van der Waals surface area (Å²) < 4.78 is 14.3. The number of amides is 1. The van der Waals surface area contributed by atoms with Crippen LogP contribution in [0.5, 0.6) is 0 Å². The topological polar surface area (TPSA) is 73.9 Å². The minimum atomic E-state index is -0.877. The second-order valence-electron chi connectivity index (χ2n) is 3.74. The van der Waals surface area contributed by atoms with Crippen LogP contribution < -0.4 is 5.32 Å². The molecule has 0 spiro atoms. The first-order chi connectivity index (χ1) is 9.17. The summed E-state index contributed by atoms with van der Waals surface area (Å²) in [4.78, 5) is 22.9. The second-order valence-corrected chi connectivity index (χ2v) is 3.74. The van der Waals surface area contributed by atoms with Gasteiger partial charge in [-0.25, -0.2) is 9.59 Å². The monoisotopic (exact) mass is 267 g/mol. The Kier molecular flexibility index (Phi) is 6.38. The van der Waals surface area contributed by atoms with Crippen LogP contribution in [0, 0.1) is 0 Å². The first-order valence-corrected chi connectivity index (χ1v) is 5.71. The van der Waals surface area contributed by atoms with E-state index >= 15 is 0 Å². The van der Waals surface area contributed by atoms with Crippen LogP contribution in [0.4, 0.5) is 4.79 Å². The minimum absolute atomic E-state index is 0.0209. The fraction of sp³-hybridized carbons (Fsp3) is 0.385. The molecule has 1 N–H and O–H groups in total. The molecule has 0 radical (unpaired) electrons. The number of hydrogen-bond donors (Lipinski definition) is 1. The molecule has 0 aliphatic rings. The fourth-order valence-electron chi connectivity index (χ4n) is 1.38. The molecule has 0 saturated heterocycles. The highest BCUT2D eigenvalue weighted by Crippen LogP contribution is 2.01. The Morgan fingerprint density at radius 2 is 1.89 bits per heavy atom. The molecule has 1 atom stereocenters. The van der Waals surface area contributed by atoms with Gasteiger partial charge in [-0.15, -0.1) is 0 Å². The molecule has 0 saturated carbocycles. The van der Waals surface area contributed by atoms with Gasteiger partial charge in [-0.3, -0.25) is 0 Å². The van der Waals surface area contributed by atoms with Gasteiger partial charge in [0.2, 0.25) is 0 Å². The number of ether oxygens (including phenoxy) is 3. The molecule has 0 unspecified atom stereocenters. The summed E-state index contributed by atoms with van der Waals surface area (Å²) in [5.74, 6) is -0.585. The number of hydrogen-bond acceptors (Lipinski definition) is 5. The van der Waals surface area contributed by atoms with Gasteiger partial charge in [0, 0.05) is 7.11 Å². The fourth-order valence-corrected chi connectivity index (χ4v) is 1.38. The molecule has 6 nitrogen and oxygen atoms in total. The molecule has 0 fully saturated rings. The van der Waals surface area contributed by atoms with Crippen LogP contribution >= 0.6 is 0 Å². The average Bonchev–Trinajstić information content (AvgIpc) is 2.45. The maximum Gasteiger partial charge on any atom is 0.408 e. The molecule has 1 aromatic rings. The predicted octanol–water partition coefficient (Wildman–Crippen LogP) is 1.10. The average molecular weight is 267 g/mol. The number of carbonyl (C=O) groups excluding carboxylic acids is 2. The zero-order valence-corrected chi connectivity index (χ0v) is 10.9. The molecule has 0 aliphatic heterocycles. The smallest absolute Gasteiger partial charge is 0.408 e. The van der Waals surface area contributed by atoms with Gasteiger partial charge in [-0.05, 0) is 5.56 Å². The van der Waals surface area contributed by atoms with Crippen LogP contribution in [0.2, 0.25) is 0 Å². The zero-order chi connectivity index (χ0) is 14.1. The van der Waals surface area contributed by atoms with E-state index in [-0.39, 0.29) is 13.2 Å². The lowest BCUT2D eigenvalue weighted by atomic mass is 10.2. The number of benzene rings is 1. The highest BCUT2D eigenvalue weighted by molar-refractivity contribution is 5.81. The Hall–Kier alpha value is -2.08. The van der Waals surface area contributed by atoms with Crippen molar-refractivity contribution in [2.75, 3.05) is 20.8 Å². The van der Waals surface area contributed by atoms with Crippen molar-refractivity contribution in [1.82, 2.24) is 5.32 Å². The molecular weight excluding hydrogens is 250 g/mol. The molecule has 0 aromatic heterocycles. The van der Waals surface area contributed by atoms with Crippen LogP contribution in [-0.4, -0.2) is 38.9 Å². The van der Waals surface area contributed by atoms with Crippen molar-refractivity contribution < 1.29 is 23.8 Å². The molecule has 1 amide bonds. The summed E-state index contributed by atoms with van der Waals surface area (Å²) in [7, 11) is 2.66. The number of carbonyl (C=O) groups is 2. The van der Waals surface area contributed by atoms with Crippen molar-refractivity contribution >= 4 is 12.1 Å². The van der Waals surface area contributed by atoms with Crippen molar-refractivity contribution in [2.45, 2.75) is 12.6 Å². The van der Waals surface area contributed by atoms with Gasteiger partial charge in [-0.1, -0.05) is 30.3 Å². The van der Waals surface area contributed by atoms with Crippen LogP contribution in [0.15, 0.2) is 30.3 Å². The van der Waals surface area contributed by atoms with Crippen LogP contribution in [0.25, 0.3) is 0 Å². The van der Waals surface area contributed by atoms with E-state index in [0.717, 1.165) is 5.56 Å². The molecule has 19 heavy (non-hydrogen) atoms. The van der Waals surface area contributed by atoms with E-state index in [2.05, 4.69) is 10.1 Å². The lowest BCUT2D eigenvalue weighted by Gasteiger charge is -2.15. The van der Waals surface area contributed by atoms with Gasteiger partial charge >= 0.3 is 12.1 Å². The SMILES string of the molecule is COC[C@H](NC(=O)OCc1ccccc1)C(=O)OC. The van der Waals surface area contributed by atoms with Crippen molar-refractivity contribution in [1.29, 1.82) is 0 Å². The summed E-state index contributed by atoms with van der Waals surface area (Å²) >= 11 is 0. The number of alkyl carbamates (subject to hydrolysis) is 1. The predicted molar refractivity (Wildman–Crippen MR) is 67.4 cm³/mol. The largest absolute Gasteiger partial charge is 0.467 e. The maximum atomic E-state index is 11.5. The third kappa shape index (κ3) is 5.39. The molecule has 0 heterocycles. The summed E-state index contributed by atoms with van der Waals surface area (Å²) in [6, 6.07) is 8.35. The summed E-state index contributed by atoms with van der Waals surface area (Å²) in [6.07, 6.45) is -0.698. The molecule has 1 rings (SSSR count). The highest BCUT2D eigenvalue weighted by atomic mass is 16.6. The maximum absolute atomic E-state index is 11.5. The highest BCUT2D eigenvalue weighted by Gasteiger charge is 2.21. The van der Waals surface area contributed by atoms with E-state index in [1.54, 1.807) is 0 Å². The minimum Gasteiger partial charge on any atom is -0.467 e. The Labute approximate surface area is 111 Å². The van der Waals surface area contributed by atoms with E-state index in [9.17, 15) is 9.59 Å². The number of nitrogens with one attached hydrogen (secondary N) is 1. The first-order valence-electron chi connectivity index (χ1n) is 5.71. The lowest BCUT2D eigenvalue weighted by molar-refractivity contribution is -0.144. The summed E-state index contributed by atoms with van der Waals surface area (Å²) in [5.41, 5.74) is 0.860. The third-order valence-electron chi connectivity index (χ3n) is 2.32. The van der Waals surface area contributed by atoms with Crippen LogP contribution in [0.1, 0.15) is 5.56 Å². The molecule has 1 aromatic carbocycles. The lowest BCUT2D eigenvalue weighted by Crippen LogP contribution is -2.44. The van der Waals surface area contributed by atoms with Gasteiger partial charge < -0.3 is 19.5 Å². The standard InChI is InChI=1S/C13H17NO5/c1-17-9-11(12(15)18-2)14-13(16)19-8-10-6-4-3-5-7-10/h3-7,11H,8-9H2,1-2H3,(H,14,16)/t11-/m0/s1.